The average Bonchev–Trinajstić information content (AvgIpc) is 3.23. The number of amides is 1. The van der Waals surface area contributed by atoms with Gasteiger partial charge in [-0.05, 0) is 43.7 Å². The number of nitrogens with zero attached hydrogens (tertiary/aromatic N) is 3. The molecular weight excluding hydrogens is 408 g/mol. The van der Waals surface area contributed by atoms with E-state index in [0.29, 0.717) is 36.6 Å². The normalized spacial score (nSPS) is 19.2. The van der Waals surface area contributed by atoms with Crippen molar-refractivity contribution >= 4 is 51.4 Å². The van der Waals surface area contributed by atoms with E-state index in [4.69, 9.17) is 4.98 Å². The van der Waals surface area contributed by atoms with E-state index in [1.54, 1.807) is 11.3 Å². The van der Waals surface area contributed by atoms with Crippen LogP contribution in [0.25, 0.3) is 10.1 Å². The number of H-pyrrole nitrogens is 1. The number of pyridine rings is 1. The van der Waals surface area contributed by atoms with Crippen LogP contribution >= 0.6 is 23.7 Å². The molecule has 154 valence electrons. The second-order valence-corrected chi connectivity index (χ2v) is 8.73. The Bertz CT molecular complexity index is 1040. The molecule has 1 aliphatic carbocycles. The fraction of sp³-hybridized carbons (Fsp3) is 0.450. The lowest BCUT2D eigenvalue weighted by Gasteiger charge is -2.32. The number of anilines is 2. The number of piperazine rings is 1. The lowest BCUT2D eigenvalue weighted by molar-refractivity contribution is 0.0702. The maximum atomic E-state index is 13.2. The third kappa shape index (κ3) is 3.84. The van der Waals surface area contributed by atoms with Crippen molar-refractivity contribution in [2.45, 2.75) is 38.6 Å². The Kier molecular flexibility index (Phi) is 5.50. The van der Waals surface area contributed by atoms with Crippen LogP contribution in [0.4, 0.5) is 11.6 Å². The number of aromatic nitrogens is 3. The first-order chi connectivity index (χ1) is 13.6. The SMILES string of the molecule is Cc1c(C(=O)N2CCN[C@H](C)C2)nc(Nc2cc(C3CC3)[nH]n2)c2ccsc12.Cl. The van der Waals surface area contributed by atoms with Crippen molar-refractivity contribution in [1.82, 2.24) is 25.4 Å². The van der Waals surface area contributed by atoms with Crippen molar-refractivity contribution in [3.05, 3.63) is 34.5 Å². The highest BCUT2D eigenvalue weighted by atomic mass is 35.5. The summed E-state index contributed by atoms with van der Waals surface area (Å²) in [7, 11) is 0. The maximum absolute atomic E-state index is 13.2. The standard InChI is InChI=1S/C20H24N6OS.ClH/c1-11-10-26(7-6-21-11)20(27)17-12(2)18-14(5-8-28-18)19(23-17)22-16-9-15(24-25-16)13-3-4-13;/h5,8-9,11,13,21H,3-4,6-7,10H2,1-2H3,(H2,22,23,24,25);1H/t11-;/m1./s1. The maximum Gasteiger partial charge on any atom is 0.272 e. The molecule has 3 aromatic rings. The lowest BCUT2D eigenvalue weighted by atomic mass is 10.1. The molecule has 4 heterocycles. The van der Waals surface area contributed by atoms with Gasteiger partial charge in [0.25, 0.3) is 5.91 Å². The predicted molar refractivity (Wildman–Crippen MR) is 119 cm³/mol. The van der Waals surface area contributed by atoms with Crippen molar-refractivity contribution in [1.29, 1.82) is 0 Å². The Balaban J connectivity index is 0.00000205. The number of hydrogen-bond acceptors (Lipinski definition) is 6. The van der Waals surface area contributed by atoms with Gasteiger partial charge < -0.3 is 15.5 Å². The van der Waals surface area contributed by atoms with Crippen LogP contribution in [0.5, 0.6) is 0 Å². The van der Waals surface area contributed by atoms with Gasteiger partial charge >= 0.3 is 0 Å². The lowest BCUT2D eigenvalue weighted by Crippen LogP contribution is -2.51. The molecule has 2 fully saturated rings. The van der Waals surface area contributed by atoms with E-state index in [1.165, 1.54) is 18.5 Å². The Labute approximate surface area is 179 Å². The highest BCUT2D eigenvalue weighted by Gasteiger charge is 2.27. The molecule has 7 nitrogen and oxygen atoms in total. The summed E-state index contributed by atoms with van der Waals surface area (Å²) < 4.78 is 1.10. The number of thiophene rings is 1. The Morgan fingerprint density at radius 3 is 2.97 bits per heavy atom. The van der Waals surface area contributed by atoms with Gasteiger partial charge in [-0.2, -0.15) is 5.10 Å². The van der Waals surface area contributed by atoms with Crippen molar-refractivity contribution in [3.8, 4) is 0 Å². The summed E-state index contributed by atoms with van der Waals surface area (Å²) in [6, 6.07) is 4.40. The van der Waals surface area contributed by atoms with E-state index >= 15 is 0 Å². The first-order valence-corrected chi connectivity index (χ1v) is 10.7. The number of rotatable bonds is 4. The molecule has 0 unspecified atom stereocenters. The van der Waals surface area contributed by atoms with Gasteiger partial charge in [0.15, 0.2) is 5.82 Å². The Hall–Kier alpha value is -2.16. The molecule has 1 aliphatic heterocycles. The largest absolute Gasteiger partial charge is 0.334 e. The number of carbonyl (C=O) groups excluding carboxylic acids is 1. The molecule has 5 rings (SSSR count). The fourth-order valence-corrected chi connectivity index (χ4v) is 4.75. The van der Waals surface area contributed by atoms with Gasteiger partial charge in [-0.3, -0.25) is 9.89 Å². The molecule has 29 heavy (non-hydrogen) atoms. The monoisotopic (exact) mass is 432 g/mol. The molecule has 3 N–H and O–H groups in total. The zero-order chi connectivity index (χ0) is 19.3. The van der Waals surface area contributed by atoms with Gasteiger partial charge in [0, 0.05) is 53.4 Å². The number of aromatic amines is 1. The summed E-state index contributed by atoms with van der Waals surface area (Å²) in [4.78, 5) is 19.9. The molecule has 0 aromatic carbocycles. The van der Waals surface area contributed by atoms with E-state index in [2.05, 4.69) is 39.9 Å². The van der Waals surface area contributed by atoms with Crippen LogP contribution in [0.2, 0.25) is 0 Å². The molecule has 1 atom stereocenters. The van der Waals surface area contributed by atoms with Gasteiger partial charge in [-0.25, -0.2) is 4.98 Å². The zero-order valence-corrected chi connectivity index (χ0v) is 18.1. The van der Waals surface area contributed by atoms with Gasteiger partial charge in [-0.1, -0.05) is 0 Å². The van der Waals surface area contributed by atoms with Gasteiger partial charge in [-0.15, -0.1) is 23.7 Å². The van der Waals surface area contributed by atoms with Crippen LogP contribution in [0.15, 0.2) is 17.5 Å². The Morgan fingerprint density at radius 2 is 2.21 bits per heavy atom. The first-order valence-electron chi connectivity index (χ1n) is 9.83. The summed E-state index contributed by atoms with van der Waals surface area (Å²) in [5.74, 6) is 2.06. The van der Waals surface area contributed by atoms with Crippen LogP contribution < -0.4 is 10.6 Å². The van der Waals surface area contributed by atoms with Crippen LogP contribution in [0, 0.1) is 6.92 Å². The molecule has 9 heteroatoms. The molecule has 2 aliphatic rings. The molecule has 0 spiro atoms. The third-order valence-electron chi connectivity index (χ3n) is 5.56. The van der Waals surface area contributed by atoms with Crippen molar-refractivity contribution in [3.63, 3.8) is 0 Å². The molecular formula is C20H25ClN6OS. The van der Waals surface area contributed by atoms with Crippen molar-refractivity contribution < 1.29 is 4.79 Å². The van der Waals surface area contributed by atoms with Gasteiger partial charge in [0.1, 0.15) is 11.5 Å². The molecule has 0 radical (unpaired) electrons. The quantitative estimate of drug-likeness (QED) is 0.583. The van der Waals surface area contributed by atoms with E-state index in [1.807, 2.05) is 17.2 Å². The Morgan fingerprint density at radius 1 is 1.38 bits per heavy atom. The minimum atomic E-state index is 0. The summed E-state index contributed by atoms with van der Waals surface area (Å²) in [6.45, 7) is 6.32. The number of hydrogen-bond donors (Lipinski definition) is 3. The number of nitrogens with one attached hydrogen (secondary N) is 3. The van der Waals surface area contributed by atoms with Gasteiger partial charge in [0.05, 0.1) is 0 Å². The van der Waals surface area contributed by atoms with Crippen molar-refractivity contribution in [2.24, 2.45) is 0 Å². The van der Waals surface area contributed by atoms with Crippen LogP contribution in [-0.4, -0.2) is 51.7 Å². The third-order valence-corrected chi connectivity index (χ3v) is 6.59. The zero-order valence-electron chi connectivity index (χ0n) is 16.5. The molecule has 3 aromatic heterocycles. The summed E-state index contributed by atoms with van der Waals surface area (Å²) in [5.41, 5.74) is 2.65. The van der Waals surface area contributed by atoms with Crippen LogP contribution in [0.3, 0.4) is 0 Å². The number of aryl methyl sites for hydroxylation is 1. The van der Waals surface area contributed by atoms with Crippen molar-refractivity contribution in [2.75, 3.05) is 25.0 Å². The summed E-state index contributed by atoms with van der Waals surface area (Å²) in [5, 5.41) is 17.3. The highest BCUT2D eigenvalue weighted by Crippen LogP contribution is 2.40. The average molecular weight is 433 g/mol. The molecule has 1 saturated heterocycles. The molecule has 1 amide bonds. The van der Waals surface area contributed by atoms with E-state index in [0.717, 1.165) is 28.0 Å². The number of fused-ring (bicyclic) bond motifs is 1. The van der Waals surface area contributed by atoms with E-state index < -0.39 is 0 Å². The second-order valence-electron chi connectivity index (χ2n) is 7.81. The smallest absolute Gasteiger partial charge is 0.272 e. The second kappa shape index (κ2) is 7.93. The summed E-state index contributed by atoms with van der Waals surface area (Å²) >= 11 is 1.65. The van der Waals surface area contributed by atoms with E-state index in [9.17, 15) is 4.79 Å². The number of carbonyl (C=O) groups is 1. The van der Waals surface area contributed by atoms with E-state index in [-0.39, 0.29) is 18.3 Å². The minimum Gasteiger partial charge on any atom is -0.334 e. The van der Waals surface area contributed by atoms with Gasteiger partial charge in [0.2, 0.25) is 0 Å². The fourth-order valence-electron chi connectivity index (χ4n) is 3.85. The first kappa shape index (κ1) is 20.1. The molecule has 1 saturated carbocycles. The molecule has 0 bridgehead atoms. The minimum absolute atomic E-state index is 0. The summed E-state index contributed by atoms with van der Waals surface area (Å²) in [6.07, 6.45) is 2.45. The van der Waals surface area contributed by atoms with Crippen LogP contribution in [0.1, 0.15) is 47.4 Å². The predicted octanol–water partition coefficient (Wildman–Crippen LogP) is 3.80. The number of halogens is 1. The highest BCUT2D eigenvalue weighted by molar-refractivity contribution is 7.17. The topological polar surface area (TPSA) is 85.9 Å². The van der Waals surface area contributed by atoms with Crippen LogP contribution in [-0.2, 0) is 0 Å².